The molecule has 0 aromatic heterocycles. The first-order valence-corrected chi connectivity index (χ1v) is 5.23. The average molecular weight is 220 g/mol. The van der Waals surface area contributed by atoms with Crippen LogP contribution in [0.4, 0.5) is 0 Å². The molecule has 0 bridgehead atoms. The van der Waals surface area contributed by atoms with Crippen LogP contribution < -0.4 is 0 Å². The maximum absolute atomic E-state index is 10.3. The standard InChI is InChI=1S/C6H4O2.H2O3S2/c7-5-1-2-6(8)4-3-5;1-5(2,3)4/h1-4H;(H2,1,2,3,4)/p-2. The van der Waals surface area contributed by atoms with Crippen LogP contribution in [0.5, 0.6) is 0 Å². The van der Waals surface area contributed by atoms with E-state index in [2.05, 4.69) is 11.2 Å². The van der Waals surface area contributed by atoms with Gasteiger partial charge in [-0.2, -0.15) is 0 Å². The molecule has 0 amide bonds. The van der Waals surface area contributed by atoms with E-state index in [9.17, 15) is 9.59 Å². The molecule has 0 saturated carbocycles. The molecular weight excluding hydrogens is 216 g/mol. The summed E-state index contributed by atoms with van der Waals surface area (Å²) in [5, 5.41) is 0. The summed E-state index contributed by atoms with van der Waals surface area (Å²) < 4.78 is 26.7. The third-order valence-corrected chi connectivity index (χ3v) is 0.824. The summed E-state index contributed by atoms with van der Waals surface area (Å²) in [4.78, 5) is 20.6. The largest absolute Gasteiger partial charge is 0.780 e. The van der Waals surface area contributed by atoms with Crippen molar-refractivity contribution < 1.29 is 22.9 Å². The molecule has 1 rings (SSSR count). The van der Waals surface area contributed by atoms with Crippen molar-refractivity contribution in [1.29, 1.82) is 0 Å². The van der Waals surface area contributed by atoms with E-state index in [0.29, 0.717) is 0 Å². The second kappa shape index (κ2) is 4.97. The zero-order valence-electron chi connectivity index (χ0n) is 6.17. The lowest BCUT2D eigenvalue weighted by Gasteiger charge is -2.12. The van der Waals surface area contributed by atoms with E-state index in [0.717, 1.165) is 0 Å². The predicted molar refractivity (Wildman–Crippen MR) is 45.4 cm³/mol. The van der Waals surface area contributed by atoms with Crippen LogP contribution in [0.3, 0.4) is 0 Å². The minimum absolute atomic E-state index is 0.121. The van der Waals surface area contributed by atoms with Crippen LogP contribution in [0.1, 0.15) is 0 Å². The Morgan fingerprint density at radius 2 is 1.15 bits per heavy atom. The quantitative estimate of drug-likeness (QED) is 0.498. The summed E-state index contributed by atoms with van der Waals surface area (Å²) in [6.45, 7) is 0. The molecule has 13 heavy (non-hydrogen) atoms. The number of carbonyl (C=O) groups is 2. The summed E-state index contributed by atoms with van der Waals surface area (Å²) in [6, 6.07) is 0. The maximum Gasteiger partial charge on any atom is 0.178 e. The maximum atomic E-state index is 10.3. The zero-order chi connectivity index (χ0) is 10.5. The molecule has 72 valence electrons. The van der Waals surface area contributed by atoms with Crippen molar-refractivity contribution in [3.05, 3.63) is 24.3 Å². The molecule has 0 unspecified atom stereocenters. The first-order chi connectivity index (χ1) is 5.79. The van der Waals surface area contributed by atoms with Gasteiger partial charge in [0.25, 0.3) is 0 Å². The topological polar surface area (TPSA) is 97.3 Å². The van der Waals surface area contributed by atoms with Gasteiger partial charge in [0.2, 0.25) is 0 Å². The Morgan fingerprint density at radius 3 is 1.31 bits per heavy atom. The highest BCUT2D eigenvalue weighted by molar-refractivity contribution is 8.26. The molecule has 0 radical (unpaired) electrons. The van der Waals surface area contributed by atoms with Crippen LogP contribution in [-0.2, 0) is 29.8 Å². The third kappa shape index (κ3) is 11.1. The van der Waals surface area contributed by atoms with E-state index < -0.39 is 9.05 Å². The Labute approximate surface area is 79.5 Å². The van der Waals surface area contributed by atoms with E-state index in [1.165, 1.54) is 24.3 Å². The van der Waals surface area contributed by atoms with Crippen molar-refractivity contribution in [2.24, 2.45) is 0 Å². The molecule has 0 N–H and O–H groups in total. The molecule has 7 heteroatoms. The Balaban J connectivity index is 0.000000252. The minimum atomic E-state index is -4.33. The van der Waals surface area contributed by atoms with Gasteiger partial charge in [0.05, 0.1) is 0 Å². The number of hydrogen-bond acceptors (Lipinski definition) is 6. The second-order valence-corrected chi connectivity index (χ2v) is 3.92. The van der Waals surface area contributed by atoms with Gasteiger partial charge in [0, 0.05) is 0 Å². The molecule has 0 atom stereocenters. The SMILES string of the molecule is O=C1C=CC(=O)C=C1.O=S([O-])([O-])=S. The third-order valence-electron chi connectivity index (χ3n) is 0.824. The predicted octanol–water partition coefficient (Wildman–Crippen LogP) is -0.756. The van der Waals surface area contributed by atoms with Gasteiger partial charge in [-0.3, -0.25) is 13.8 Å². The van der Waals surface area contributed by atoms with Crippen LogP contribution in [0, 0.1) is 0 Å². The van der Waals surface area contributed by atoms with Crippen LogP contribution in [-0.4, -0.2) is 24.9 Å². The van der Waals surface area contributed by atoms with Crippen LogP contribution >= 0.6 is 0 Å². The Kier molecular flexibility index (Phi) is 4.63. The number of ketones is 2. The van der Waals surface area contributed by atoms with Crippen molar-refractivity contribution in [2.75, 3.05) is 0 Å². The van der Waals surface area contributed by atoms with Gasteiger partial charge in [-0.1, -0.05) is 0 Å². The lowest BCUT2D eigenvalue weighted by Crippen LogP contribution is -1.97. The zero-order valence-corrected chi connectivity index (χ0v) is 7.80. The molecular formula is C6H4O5S2-2. The van der Waals surface area contributed by atoms with Crippen molar-refractivity contribution in [3.8, 4) is 0 Å². The number of hydrogen-bond donors (Lipinski definition) is 0. The minimum Gasteiger partial charge on any atom is -0.780 e. The lowest BCUT2D eigenvalue weighted by atomic mass is 10.2. The van der Waals surface area contributed by atoms with Gasteiger partial charge in [0.1, 0.15) is 0 Å². The molecule has 0 spiro atoms. The van der Waals surface area contributed by atoms with Gasteiger partial charge in [0.15, 0.2) is 11.6 Å². The van der Waals surface area contributed by atoms with Crippen molar-refractivity contribution >= 4 is 31.8 Å². The second-order valence-electron chi connectivity index (χ2n) is 1.88. The van der Waals surface area contributed by atoms with Gasteiger partial charge < -0.3 is 9.11 Å². The summed E-state index contributed by atoms with van der Waals surface area (Å²) in [5.41, 5.74) is 0. The average Bonchev–Trinajstić information content (AvgIpc) is 1.92. The normalized spacial score (nSPS) is 15.2. The summed E-state index contributed by atoms with van der Waals surface area (Å²) >= 11 is 3.24. The highest BCUT2D eigenvalue weighted by atomic mass is 32.9. The Morgan fingerprint density at radius 1 is 1.00 bits per heavy atom. The molecule has 1 aliphatic carbocycles. The van der Waals surface area contributed by atoms with Gasteiger partial charge in [-0.05, 0) is 35.5 Å². The fourth-order valence-corrected chi connectivity index (χ4v) is 0.440. The van der Waals surface area contributed by atoms with Gasteiger partial charge in [-0.25, -0.2) is 0 Å². The number of rotatable bonds is 0. The molecule has 0 aromatic carbocycles. The van der Waals surface area contributed by atoms with Crippen LogP contribution in [0.2, 0.25) is 0 Å². The monoisotopic (exact) mass is 220 g/mol. The number of carbonyl (C=O) groups excluding carboxylic acids is 2. The van der Waals surface area contributed by atoms with E-state index in [-0.39, 0.29) is 11.6 Å². The summed E-state index contributed by atoms with van der Waals surface area (Å²) in [7, 11) is -4.33. The van der Waals surface area contributed by atoms with Gasteiger partial charge in [-0.15, -0.1) is 9.05 Å². The smallest absolute Gasteiger partial charge is 0.178 e. The van der Waals surface area contributed by atoms with Crippen molar-refractivity contribution in [1.82, 2.24) is 0 Å². The fraction of sp³-hybridized carbons (Fsp3) is 0. The first-order valence-electron chi connectivity index (χ1n) is 2.90. The van der Waals surface area contributed by atoms with E-state index in [1.807, 2.05) is 0 Å². The molecule has 1 aliphatic rings. The molecule has 0 heterocycles. The van der Waals surface area contributed by atoms with E-state index >= 15 is 0 Å². The molecule has 0 fully saturated rings. The summed E-state index contributed by atoms with van der Waals surface area (Å²) in [5.74, 6) is -0.241. The highest BCUT2D eigenvalue weighted by Gasteiger charge is 1.97. The van der Waals surface area contributed by atoms with Gasteiger partial charge >= 0.3 is 0 Å². The van der Waals surface area contributed by atoms with Crippen LogP contribution in [0.25, 0.3) is 0 Å². The summed E-state index contributed by atoms with van der Waals surface area (Å²) in [6.07, 6.45) is 5.01. The van der Waals surface area contributed by atoms with Crippen molar-refractivity contribution in [3.63, 3.8) is 0 Å². The molecule has 0 aromatic rings. The Hall–Kier alpha value is -0.890. The molecule has 0 aliphatic heterocycles. The van der Waals surface area contributed by atoms with Crippen molar-refractivity contribution in [2.45, 2.75) is 0 Å². The number of allylic oxidation sites excluding steroid dienone is 4. The lowest BCUT2D eigenvalue weighted by molar-refractivity contribution is -0.113. The van der Waals surface area contributed by atoms with E-state index in [1.54, 1.807) is 0 Å². The fourth-order valence-electron chi connectivity index (χ4n) is 0.440. The van der Waals surface area contributed by atoms with Crippen LogP contribution in [0.15, 0.2) is 24.3 Å². The first kappa shape index (κ1) is 12.1. The highest BCUT2D eigenvalue weighted by Crippen LogP contribution is 1.90. The van der Waals surface area contributed by atoms with E-state index in [4.69, 9.17) is 13.3 Å². The Bertz CT molecular complexity index is 316. The molecule has 5 nitrogen and oxygen atoms in total. The molecule has 0 saturated heterocycles.